The molecule has 0 amide bonds. The molecule has 7 heavy (non-hydrogen) atoms. The Morgan fingerprint density at radius 3 is 1.71 bits per heavy atom. The van der Waals surface area contributed by atoms with Crippen molar-refractivity contribution in [3.05, 3.63) is 6.92 Å². The maximum absolute atomic E-state index is 9.75. The molecular formula is C4H7OY2-. The Morgan fingerprint density at radius 1 is 1.57 bits per heavy atom. The SMILES string of the molecule is [CH2-]CC(C)=O.[Y].[Y]. The average molecular weight is 249 g/mol. The van der Waals surface area contributed by atoms with E-state index in [0.717, 1.165) is 0 Å². The molecule has 0 aromatic heterocycles. The van der Waals surface area contributed by atoms with Gasteiger partial charge in [-0.25, -0.2) is 0 Å². The van der Waals surface area contributed by atoms with Gasteiger partial charge >= 0.3 is 0 Å². The number of Topliss-reactive ketones (excluding diaryl/α,β-unsaturated/α-hetero) is 1. The maximum Gasteiger partial charge on any atom is 0.0998 e. The first-order valence-electron chi connectivity index (χ1n) is 1.56. The third kappa shape index (κ3) is 18.1. The molecule has 0 aliphatic heterocycles. The number of carbonyl (C=O) groups excluding carboxylic acids is 1. The van der Waals surface area contributed by atoms with Gasteiger partial charge in [0.2, 0.25) is 0 Å². The largest absolute Gasteiger partial charge is 0.336 e. The van der Waals surface area contributed by atoms with Crippen LogP contribution in [0.1, 0.15) is 13.3 Å². The van der Waals surface area contributed by atoms with Gasteiger partial charge in [0.1, 0.15) is 0 Å². The van der Waals surface area contributed by atoms with E-state index in [9.17, 15) is 4.79 Å². The quantitative estimate of drug-likeness (QED) is 0.628. The molecule has 0 aromatic rings. The van der Waals surface area contributed by atoms with Crippen molar-refractivity contribution in [2.24, 2.45) is 0 Å². The molecule has 0 saturated heterocycles. The van der Waals surface area contributed by atoms with Crippen LogP contribution in [0.25, 0.3) is 0 Å². The van der Waals surface area contributed by atoms with E-state index >= 15 is 0 Å². The number of hydrogen-bond donors (Lipinski definition) is 0. The van der Waals surface area contributed by atoms with Crippen molar-refractivity contribution in [3.8, 4) is 0 Å². The van der Waals surface area contributed by atoms with Gasteiger partial charge in [0.25, 0.3) is 0 Å². The average Bonchev–Trinajstić information content (AvgIpc) is 1.38. The van der Waals surface area contributed by atoms with Crippen LogP contribution in [0.3, 0.4) is 0 Å². The van der Waals surface area contributed by atoms with Gasteiger partial charge in [-0.05, 0) is 6.92 Å². The number of carbonyl (C=O) groups is 1. The number of hydrogen-bond acceptors (Lipinski definition) is 1. The molecule has 36 valence electrons. The Labute approximate surface area is 94.8 Å². The second-order valence-electron chi connectivity index (χ2n) is 0.952. The Morgan fingerprint density at radius 2 is 1.71 bits per heavy atom. The Kier molecular flexibility index (Phi) is 24.6. The normalized spacial score (nSPS) is 5.43. The minimum absolute atomic E-state index is 0. The van der Waals surface area contributed by atoms with E-state index in [1.165, 1.54) is 6.92 Å². The Balaban J connectivity index is -0.0000000800. The topological polar surface area (TPSA) is 17.1 Å². The van der Waals surface area contributed by atoms with Crippen LogP contribution in [0, 0.1) is 6.92 Å². The molecule has 0 saturated carbocycles. The Bertz CT molecular complexity index is 45.0. The first kappa shape index (κ1) is 15.9. The second kappa shape index (κ2) is 10.8. The van der Waals surface area contributed by atoms with Crippen LogP contribution in [-0.2, 0) is 70.2 Å². The molecule has 0 aliphatic rings. The monoisotopic (exact) mass is 249 g/mol. The van der Waals surface area contributed by atoms with Crippen molar-refractivity contribution in [1.82, 2.24) is 0 Å². The summed E-state index contributed by atoms with van der Waals surface area (Å²) in [6.07, 6.45) is 0.417. The summed E-state index contributed by atoms with van der Waals surface area (Å²) in [7, 11) is 0. The van der Waals surface area contributed by atoms with Crippen LogP contribution >= 0.6 is 0 Å². The van der Waals surface area contributed by atoms with Gasteiger partial charge in [-0.3, -0.25) is 0 Å². The summed E-state index contributed by atoms with van der Waals surface area (Å²) in [5, 5.41) is 0. The first-order chi connectivity index (χ1) is 2.27. The third-order valence-electron chi connectivity index (χ3n) is 0.352. The summed E-state index contributed by atoms with van der Waals surface area (Å²) in [6.45, 7) is 4.86. The molecular weight excluding hydrogens is 242 g/mol. The standard InChI is InChI=1S/C4H7O.2Y/c1-3-4(2)5;;/h1,3H2,2H3;;/q-1;;. The molecule has 0 unspecified atom stereocenters. The van der Waals surface area contributed by atoms with Gasteiger partial charge in [0.15, 0.2) is 0 Å². The molecule has 2 radical (unpaired) electrons. The van der Waals surface area contributed by atoms with Gasteiger partial charge in [-0.1, -0.05) is 0 Å². The molecule has 0 bridgehead atoms. The minimum atomic E-state index is 0. The molecule has 3 heteroatoms. The fraction of sp³-hybridized carbons (Fsp3) is 0.500. The predicted molar refractivity (Wildman–Crippen MR) is 20.7 cm³/mol. The molecule has 0 aromatic carbocycles. The van der Waals surface area contributed by atoms with E-state index in [1.807, 2.05) is 0 Å². The Hall–Kier alpha value is 1.88. The van der Waals surface area contributed by atoms with Gasteiger partial charge in [-0.15, -0.1) is 6.42 Å². The smallest absolute Gasteiger partial charge is 0.0998 e. The van der Waals surface area contributed by atoms with Crippen LogP contribution in [0.5, 0.6) is 0 Å². The maximum atomic E-state index is 9.75. The zero-order valence-corrected chi connectivity index (χ0v) is 10.2. The van der Waals surface area contributed by atoms with Crippen molar-refractivity contribution in [2.75, 3.05) is 0 Å². The summed E-state index contributed by atoms with van der Waals surface area (Å²) in [4.78, 5) is 9.75. The van der Waals surface area contributed by atoms with Crippen LogP contribution < -0.4 is 0 Å². The van der Waals surface area contributed by atoms with E-state index < -0.39 is 0 Å². The molecule has 0 N–H and O–H groups in total. The molecule has 1 nitrogen and oxygen atoms in total. The van der Waals surface area contributed by atoms with Crippen molar-refractivity contribution in [1.29, 1.82) is 0 Å². The summed E-state index contributed by atoms with van der Waals surface area (Å²) in [5.74, 6) is 0.144. The molecule has 0 heterocycles. The fourth-order valence-corrected chi connectivity index (χ4v) is 0. The van der Waals surface area contributed by atoms with Crippen molar-refractivity contribution in [3.63, 3.8) is 0 Å². The van der Waals surface area contributed by atoms with Gasteiger partial charge in [-0.2, -0.15) is 0 Å². The summed E-state index contributed by atoms with van der Waals surface area (Å²) in [5.41, 5.74) is 0. The van der Waals surface area contributed by atoms with E-state index in [-0.39, 0.29) is 71.2 Å². The molecule has 0 spiro atoms. The van der Waals surface area contributed by atoms with Crippen molar-refractivity contribution >= 4 is 5.78 Å². The van der Waals surface area contributed by atoms with E-state index in [4.69, 9.17) is 0 Å². The summed E-state index contributed by atoms with van der Waals surface area (Å²) in [6, 6.07) is 0. The van der Waals surface area contributed by atoms with Crippen LogP contribution in [0.4, 0.5) is 0 Å². The van der Waals surface area contributed by atoms with Gasteiger partial charge < -0.3 is 11.7 Å². The van der Waals surface area contributed by atoms with Crippen LogP contribution in [0.2, 0.25) is 0 Å². The third-order valence-corrected chi connectivity index (χ3v) is 0.352. The van der Waals surface area contributed by atoms with Gasteiger partial charge in [0, 0.05) is 65.4 Å². The second-order valence-corrected chi connectivity index (χ2v) is 0.952. The van der Waals surface area contributed by atoms with Crippen LogP contribution in [-0.4, -0.2) is 5.78 Å². The van der Waals surface area contributed by atoms with Crippen molar-refractivity contribution < 1.29 is 70.2 Å². The zero-order valence-electron chi connectivity index (χ0n) is 4.48. The minimum Gasteiger partial charge on any atom is -0.336 e. The molecule has 0 aliphatic carbocycles. The molecule has 0 rings (SSSR count). The van der Waals surface area contributed by atoms with Crippen molar-refractivity contribution in [2.45, 2.75) is 13.3 Å². The van der Waals surface area contributed by atoms with Crippen LogP contribution in [0.15, 0.2) is 0 Å². The number of rotatable bonds is 1. The van der Waals surface area contributed by atoms with E-state index in [2.05, 4.69) is 6.92 Å². The molecule has 0 fully saturated rings. The summed E-state index contributed by atoms with van der Waals surface area (Å²) >= 11 is 0. The molecule has 0 atom stereocenters. The predicted octanol–water partition coefficient (Wildman–Crippen LogP) is 0.795. The fourth-order valence-electron chi connectivity index (χ4n) is 0. The van der Waals surface area contributed by atoms with Gasteiger partial charge in [0.05, 0.1) is 5.78 Å². The van der Waals surface area contributed by atoms with E-state index in [0.29, 0.717) is 6.42 Å². The number of ketones is 1. The van der Waals surface area contributed by atoms with E-state index in [1.54, 1.807) is 0 Å². The summed E-state index contributed by atoms with van der Waals surface area (Å²) < 4.78 is 0. The zero-order chi connectivity index (χ0) is 4.28. The first-order valence-corrected chi connectivity index (χ1v) is 1.56.